The summed E-state index contributed by atoms with van der Waals surface area (Å²) in [4.78, 5) is 19.1. The molecule has 26 heavy (non-hydrogen) atoms. The predicted molar refractivity (Wildman–Crippen MR) is 101 cm³/mol. The van der Waals surface area contributed by atoms with Crippen LogP contribution < -0.4 is 19.7 Å². The van der Waals surface area contributed by atoms with E-state index in [-0.39, 0.29) is 12.3 Å². The van der Waals surface area contributed by atoms with Gasteiger partial charge in [0.2, 0.25) is 5.91 Å². The van der Waals surface area contributed by atoms with Crippen LogP contribution in [0.3, 0.4) is 0 Å². The molecule has 6 heteroatoms. The number of ether oxygens (including phenoxy) is 2. The van der Waals surface area contributed by atoms with Crippen LogP contribution in [0.4, 0.5) is 5.82 Å². The highest BCUT2D eigenvalue weighted by atomic mass is 16.5. The summed E-state index contributed by atoms with van der Waals surface area (Å²) in [6.07, 6.45) is 4.53. The molecular formula is C20H25N3O3. The third-order valence-electron chi connectivity index (χ3n) is 4.57. The van der Waals surface area contributed by atoms with Gasteiger partial charge < -0.3 is 19.7 Å². The number of benzene rings is 1. The SMILES string of the molecule is COc1ccc(OC)c(CC(=O)NCc2ccc(N3CCCC3)nc2)c1. The molecule has 1 N–H and O–H groups in total. The van der Waals surface area contributed by atoms with Gasteiger partial charge in [-0.05, 0) is 42.7 Å². The summed E-state index contributed by atoms with van der Waals surface area (Å²) >= 11 is 0. The van der Waals surface area contributed by atoms with Crippen molar-refractivity contribution in [1.82, 2.24) is 10.3 Å². The molecule has 0 unspecified atom stereocenters. The minimum Gasteiger partial charge on any atom is -0.497 e. The maximum absolute atomic E-state index is 12.3. The van der Waals surface area contributed by atoms with Gasteiger partial charge in [-0.1, -0.05) is 6.07 Å². The second-order valence-electron chi connectivity index (χ2n) is 6.35. The Labute approximate surface area is 154 Å². The van der Waals surface area contributed by atoms with Gasteiger partial charge in [-0.25, -0.2) is 4.98 Å². The van der Waals surface area contributed by atoms with E-state index in [1.807, 2.05) is 36.5 Å². The van der Waals surface area contributed by atoms with E-state index in [1.165, 1.54) is 12.8 Å². The minimum absolute atomic E-state index is 0.0693. The van der Waals surface area contributed by atoms with Crippen LogP contribution in [0.15, 0.2) is 36.5 Å². The second-order valence-corrected chi connectivity index (χ2v) is 6.35. The number of aromatic nitrogens is 1. The molecule has 0 spiro atoms. The lowest BCUT2D eigenvalue weighted by atomic mass is 10.1. The number of nitrogens with zero attached hydrogens (tertiary/aromatic N) is 2. The lowest BCUT2D eigenvalue weighted by Crippen LogP contribution is -2.25. The molecule has 2 aromatic rings. The van der Waals surface area contributed by atoms with Crippen molar-refractivity contribution in [2.24, 2.45) is 0 Å². The number of nitrogens with one attached hydrogen (secondary N) is 1. The molecule has 2 heterocycles. The van der Waals surface area contributed by atoms with Crippen molar-refractivity contribution in [2.45, 2.75) is 25.8 Å². The molecule has 3 rings (SSSR count). The first-order valence-electron chi connectivity index (χ1n) is 8.87. The molecule has 138 valence electrons. The smallest absolute Gasteiger partial charge is 0.224 e. The van der Waals surface area contributed by atoms with E-state index in [2.05, 4.69) is 15.2 Å². The van der Waals surface area contributed by atoms with Crippen molar-refractivity contribution in [3.63, 3.8) is 0 Å². The lowest BCUT2D eigenvalue weighted by molar-refractivity contribution is -0.120. The first kappa shape index (κ1) is 18.0. The number of amides is 1. The Hall–Kier alpha value is -2.76. The summed E-state index contributed by atoms with van der Waals surface area (Å²) in [6.45, 7) is 2.61. The molecule has 0 aliphatic carbocycles. The van der Waals surface area contributed by atoms with Crippen molar-refractivity contribution in [3.8, 4) is 11.5 Å². The summed E-state index contributed by atoms with van der Waals surface area (Å²) in [5.41, 5.74) is 1.78. The molecule has 1 aliphatic rings. The molecule has 0 atom stereocenters. The first-order valence-corrected chi connectivity index (χ1v) is 8.87. The minimum atomic E-state index is -0.0693. The van der Waals surface area contributed by atoms with E-state index in [0.29, 0.717) is 18.0 Å². The van der Waals surface area contributed by atoms with Crippen molar-refractivity contribution >= 4 is 11.7 Å². The van der Waals surface area contributed by atoms with Crippen LogP contribution in [0.25, 0.3) is 0 Å². The molecule has 1 aromatic carbocycles. The van der Waals surface area contributed by atoms with Gasteiger partial charge in [0.05, 0.1) is 20.6 Å². The summed E-state index contributed by atoms with van der Waals surface area (Å²) in [7, 11) is 3.20. The highest BCUT2D eigenvalue weighted by molar-refractivity contribution is 5.79. The average molecular weight is 355 g/mol. The van der Waals surface area contributed by atoms with Crippen LogP contribution in [0.1, 0.15) is 24.0 Å². The largest absolute Gasteiger partial charge is 0.497 e. The van der Waals surface area contributed by atoms with Gasteiger partial charge in [0.1, 0.15) is 17.3 Å². The highest BCUT2D eigenvalue weighted by Crippen LogP contribution is 2.24. The lowest BCUT2D eigenvalue weighted by Gasteiger charge is -2.16. The van der Waals surface area contributed by atoms with E-state index >= 15 is 0 Å². The molecule has 1 aromatic heterocycles. The van der Waals surface area contributed by atoms with Crippen LogP contribution in [0.2, 0.25) is 0 Å². The van der Waals surface area contributed by atoms with Crippen LogP contribution in [0, 0.1) is 0 Å². The van der Waals surface area contributed by atoms with Gasteiger partial charge >= 0.3 is 0 Å². The maximum Gasteiger partial charge on any atom is 0.224 e. The number of carbonyl (C=O) groups excluding carboxylic acids is 1. The topological polar surface area (TPSA) is 63.7 Å². The Morgan fingerprint density at radius 1 is 1.15 bits per heavy atom. The summed E-state index contributed by atoms with van der Waals surface area (Å²) in [5.74, 6) is 2.33. The Morgan fingerprint density at radius 3 is 2.62 bits per heavy atom. The summed E-state index contributed by atoms with van der Waals surface area (Å²) < 4.78 is 10.5. The van der Waals surface area contributed by atoms with Gasteiger partial charge in [-0.15, -0.1) is 0 Å². The summed E-state index contributed by atoms with van der Waals surface area (Å²) in [6, 6.07) is 9.49. The number of pyridine rings is 1. The van der Waals surface area contributed by atoms with E-state index < -0.39 is 0 Å². The molecule has 1 aliphatic heterocycles. The molecular weight excluding hydrogens is 330 g/mol. The molecule has 1 fully saturated rings. The van der Waals surface area contributed by atoms with Gasteiger partial charge in [-0.3, -0.25) is 4.79 Å². The summed E-state index contributed by atoms with van der Waals surface area (Å²) in [5, 5.41) is 2.94. The van der Waals surface area contributed by atoms with E-state index in [9.17, 15) is 4.79 Å². The van der Waals surface area contributed by atoms with Crippen molar-refractivity contribution in [3.05, 3.63) is 47.7 Å². The number of hydrogen-bond donors (Lipinski definition) is 1. The van der Waals surface area contributed by atoms with Gasteiger partial charge in [0.15, 0.2) is 0 Å². The zero-order valence-electron chi connectivity index (χ0n) is 15.3. The molecule has 0 bridgehead atoms. The van der Waals surface area contributed by atoms with Crippen molar-refractivity contribution < 1.29 is 14.3 Å². The highest BCUT2D eigenvalue weighted by Gasteiger charge is 2.13. The fourth-order valence-electron chi connectivity index (χ4n) is 3.11. The van der Waals surface area contributed by atoms with E-state index in [4.69, 9.17) is 9.47 Å². The Morgan fingerprint density at radius 2 is 1.96 bits per heavy atom. The Balaban J connectivity index is 1.55. The number of hydrogen-bond acceptors (Lipinski definition) is 5. The maximum atomic E-state index is 12.3. The van der Waals surface area contributed by atoms with Crippen molar-refractivity contribution in [1.29, 1.82) is 0 Å². The standard InChI is InChI=1S/C20H25N3O3/c1-25-17-6-7-18(26-2)16(11-17)12-20(24)22-14-15-5-8-19(21-13-15)23-9-3-4-10-23/h5-8,11,13H,3-4,9-10,12,14H2,1-2H3,(H,22,24). The van der Waals surface area contributed by atoms with Gasteiger partial charge in [-0.2, -0.15) is 0 Å². The van der Waals surface area contributed by atoms with Crippen LogP contribution in [-0.2, 0) is 17.8 Å². The molecule has 0 radical (unpaired) electrons. The molecule has 1 amide bonds. The third kappa shape index (κ3) is 4.45. The van der Waals surface area contributed by atoms with E-state index in [1.54, 1.807) is 14.2 Å². The normalized spacial score (nSPS) is 13.5. The number of anilines is 1. The first-order chi connectivity index (χ1) is 12.7. The fraction of sp³-hybridized carbons (Fsp3) is 0.400. The zero-order chi connectivity index (χ0) is 18.4. The number of methoxy groups -OCH3 is 2. The predicted octanol–water partition coefficient (Wildman–Crippen LogP) is 2.56. The molecule has 1 saturated heterocycles. The van der Waals surface area contributed by atoms with Gasteiger partial charge in [0, 0.05) is 31.4 Å². The quantitative estimate of drug-likeness (QED) is 0.827. The Bertz CT molecular complexity index is 740. The number of carbonyl (C=O) groups is 1. The zero-order valence-corrected chi connectivity index (χ0v) is 15.3. The van der Waals surface area contributed by atoms with Crippen molar-refractivity contribution in [2.75, 3.05) is 32.2 Å². The van der Waals surface area contributed by atoms with E-state index in [0.717, 1.165) is 30.0 Å². The molecule has 6 nitrogen and oxygen atoms in total. The second kappa shape index (κ2) is 8.56. The third-order valence-corrected chi connectivity index (χ3v) is 4.57. The Kier molecular flexibility index (Phi) is 5.94. The van der Waals surface area contributed by atoms with Crippen LogP contribution in [-0.4, -0.2) is 38.2 Å². The molecule has 0 saturated carbocycles. The monoisotopic (exact) mass is 355 g/mol. The van der Waals surface area contributed by atoms with Gasteiger partial charge in [0.25, 0.3) is 0 Å². The fourth-order valence-corrected chi connectivity index (χ4v) is 3.11. The van der Waals surface area contributed by atoms with Crippen LogP contribution >= 0.6 is 0 Å². The number of rotatable bonds is 7. The average Bonchev–Trinajstić information content (AvgIpc) is 3.21. The van der Waals surface area contributed by atoms with Crippen LogP contribution in [0.5, 0.6) is 11.5 Å².